The average Bonchev–Trinajstić information content (AvgIpc) is 2.42. The standard InChI is InChI=1S/C16H16F3N/c1-9-6-14(16(19)8-15(9)18)13-7-11(17)4-5-12(13)10(2)20-3/h4-8,10,20H,1-3H3. The molecule has 1 unspecified atom stereocenters. The van der Waals surface area contributed by atoms with E-state index in [0.29, 0.717) is 11.1 Å². The molecule has 2 aromatic carbocycles. The van der Waals surface area contributed by atoms with E-state index in [-0.39, 0.29) is 11.6 Å². The smallest absolute Gasteiger partial charge is 0.133 e. The largest absolute Gasteiger partial charge is 0.313 e. The fourth-order valence-corrected chi connectivity index (χ4v) is 2.16. The van der Waals surface area contributed by atoms with E-state index in [1.165, 1.54) is 18.2 Å². The molecule has 0 aliphatic heterocycles. The first-order valence-electron chi connectivity index (χ1n) is 6.36. The highest BCUT2D eigenvalue weighted by Gasteiger charge is 2.16. The lowest BCUT2D eigenvalue weighted by Gasteiger charge is -2.17. The minimum absolute atomic E-state index is 0.0737. The summed E-state index contributed by atoms with van der Waals surface area (Å²) in [5.41, 5.74) is 1.74. The Bertz CT molecular complexity index is 638. The summed E-state index contributed by atoms with van der Waals surface area (Å²) in [6, 6.07) is 6.40. The van der Waals surface area contributed by atoms with Crippen LogP contribution >= 0.6 is 0 Å². The third-order valence-corrected chi connectivity index (χ3v) is 3.45. The Morgan fingerprint density at radius 1 is 0.950 bits per heavy atom. The van der Waals surface area contributed by atoms with Crippen LogP contribution in [0.25, 0.3) is 11.1 Å². The topological polar surface area (TPSA) is 12.0 Å². The van der Waals surface area contributed by atoms with Gasteiger partial charge in [-0.25, -0.2) is 13.2 Å². The van der Waals surface area contributed by atoms with Gasteiger partial charge in [0.15, 0.2) is 0 Å². The monoisotopic (exact) mass is 279 g/mol. The van der Waals surface area contributed by atoms with Crippen LogP contribution in [-0.4, -0.2) is 7.05 Å². The van der Waals surface area contributed by atoms with Gasteiger partial charge in [-0.1, -0.05) is 6.07 Å². The highest BCUT2D eigenvalue weighted by molar-refractivity contribution is 5.69. The predicted molar refractivity (Wildman–Crippen MR) is 74.0 cm³/mol. The van der Waals surface area contributed by atoms with Crippen molar-refractivity contribution in [1.82, 2.24) is 5.32 Å². The molecule has 0 saturated heterocycles. The average molecular weight is 279 g/mol. The second-order valence-electron chi connectivity index (χ2n) is 4.82. The van der Waals surface area contributed by atoms with Gasteiger partial charge in [-0.3, -0.25) is 0 Å². The van der Waals surface area contributed by atoms with Crippen molar-refractivity contribution >= 4 is 0 Å². The molecule has 20 heavy (non-hydrogen) atoms. The van der Waals surface area contributed by atoms with Crippen LogP contribution in [0.5, 0.6) is 0 Å². The summed E-state index contributed by atoms with van der Waals surface area (Å²) >= 11 is 0. The van der Waals surface area contributed by atoms with E-state index >= 15 is 0 Å². The highest BCUT2D eigenvalue weighted by Crippen LogP contribution is 2.32. The van der Waals surface area contributed by atoms with E-state index in [1.54, 1.807) is 20.0 Å². The van der Waals surface area contributed by atoms with Gasteiger partial charge in [0.05, 0.1) is 0 Å². The Morgan fingerprint density at radius 3 is 2.30 bits per heavy atom. The van der Waals surface area contributed by atoms with Gasteiger partial charge in [0.2, 0.25) is 0 Å². The van der Waals surface area contributed by atoms with Crippen LogP contribution in [0.4, 0.5) is 13.2 Å². The molecule has 2 aromatic rings. The van der Waals surface area contributed by atoms with Crippen molar-refractivity contribution in [2.24, 2.45) is 0 Å². The summed E-state index contributed by atoms with van der Waals surface area (Å²) in [6.45, 7) is 3.45. The van der Waals surface area contributed by atoms with E-state index in [0.717, 1.165) is 11.6 Å². The van der Waals surface area contributed by atoms with Crippen LogP contribution in [0.1, 0.15) is 24.1 Å². The van der Waals surface area contributed by atoms with Crippen molar-refractivity contribution in [2.45, 2.75) is 19.9 Å². The van der Waals surface area contributed by atoms with Gasteiger partial charge >= 0.3 is 0 Å². The molecule has 0 heterocycles. The number of halogens is 3. The maximum Gasteiger partial charge on any atom is 0.133 e. The van der Waals surface area contributed by atoms with Crippen molar-refractivity contribution in [3.05, 3.63) is 58.9 Å². The summed E-state index contributed by atoms with van der Waals surface area (Å²) < 4.78 is 40.9. The first kappa shape index (κ1) is 14.6. The van der Waals surface area contributed by atoms with Crippen molar-refractivity contribution in [2.75, 3.05) is 7.05 Å². The van der Waals surface area contributed by atoms with E-state index in [4.69, 9.17) is 0 Å². The minimum atomic E-state index is -0.691. The van der Waals surface area contributed by atoms with Gasteiger partial charge in [-0.15, -0.1) is 0 Å². The molecule has 0 bridgehead atoms. The quantitative estimate of drug-likeness (QED) is 0.880. The van der Waals surface area contributed by atoms with Crippen LogP contribution in [0.3, 0.4) is 0 Å². The molecule has 0 amide bonds. The minimum Gasteiger partial charge on any atom is -0.313 e. The van der Waals surface area contributed by atoms with E-state index in [2.05, 4.69) is 5.32 Å². The fraction of sp³-hybridized carbons (Fsp3) is 0.250. The Kier molecular flexibility index (Phi) is 4.14. The van der Waals surface area contributed by atoms with Crippen LogP contribution in [0.2, 0.25) is 0 Å². The molecule has 1 N–H and O–H groups in total. The Morgan fingerprint density at radius 2 is 1.65 bits per heavy atom. The molecule has 1 atom stereocenters. The van der Waals surface area contributed by atoms with Gasteiger partial charge in [0.25, 0.3) is 0 Å². The summed E-state index contributed by atoms with van der Waals surface area (Å²) in [7, 11) is 1.77. The maximum absolute atomic E-state index is 14.0. The van der Waals surface area contributed by atoms with Crippen LogP contribution < -0.4 is 5.32 Å². The lowest BCUT2D eigenvalue weighted by atomic mass is 9.94. The lowest BCUT2D eigenvalue weighted by molar-refractivity contribution is 0.578. The molecular formula is C16H16F3N. The zero-order chi connectivity index (χ0) is 14.9. The van der Waals surface area contributed by atoms with Gasteiger partial charge in [-0.05, 0) is 55.8 Å². The van der Waals surface area contributed by atoms with Crippen LogP contribution in [-0.2, 0) is 0 Å². The predicted octanol–water partition coefficient (Wildman–Crippen LogP) is 4.36. The third-order valence-electron chi connectivity index (χ3n) is 3.45. The van der Waals surface area contributed by atoms with Gasteiger partial charge in [-0.2, -0.15) is 0 Å². The molecule has 0 saturated carbocycles. The van der Waals surface area contributed by atoms with Crippen LogP contribution in [0, 0.1) is 24.4 Å². The number of rotatable bonds is 3. The summed E-state index contributed by atoms with van der Waals surface area (Å²) in [5, 5.41) is 3.04. The summed E-state index contributed by atoms with van der Waals surface area (Å²) in [6.07, 6.45) is 0. The molecule has 2 rings (SSSR count). The molecule has 106 valence electrons. The summed E-state index contributed by atoms with van der Waals surface area (Å²) in [4.78, 5) is 0. The number of aryl methyl sites for hydroxylation is 1. The summed E-state index contributed by atoms with van der Waals surface area (Å²) in [5.74, 6) is -1.75. The van der Waals surface area contributed by atoms with E-state index < -0.39 is 17.5 Å². The second kappa shape index (κ2) is 5.67. The van der Waals surface area contributed by atoms with Gasteiger partial charge < -0.3 is 5.32 Å². The number of nitrogens with one attached hydrogen (secondary N) is 1. The molecule has 0 aliphatic rings. The Hall–Kier alpha value is -1.81. The van der Waals surface area contributed by atoms with Crippen molar-refractivity contribution < 1.29 is 13.2 Å². The first-order valence-corrected chi connectivity index (χ1v) is 6.36. The normalized spacial score (nSPS) is 12.5. The molecule has 0 radical (unpaired) electrons. The molecule has 0 aliphatic carbocycles. The Labute approximate surface area is 116 Å². The molecule has 0 spiro atoms. The number of benzene rings is 2. The molecule has 0 fully saturated rings. The Balaban J connectivity index is 2.68. The lowest BCUT2D eigenvalue weighted by Crippen LogP contribution is -2.13. The third kappa shape index (κ3) is 2.70. The van der Waals surface area contributed by atoms with Gasteiger partial charge in [0.1, 0.15) is 17.5 Å². The SMILES string of the molecule is CNC(C)c1ccc(F)cc1-c1cc(C)c(F)cc1F. The zero-order valence-corrected chi connectivity index (χ0v) is 11.6. The number of hydrogen-bond donors (Lipinski definition) is 1. The molecule has 4 heteroatoms. The zero-order valence-electron chi connectivity index (χ0n) is 11.6. The van der Waals surface area contributed by atoms with Crippen molar-refractivity contribution in [1.29, 1.82) is 0 Å². The maximum atomic E-state index is 14.0. The van der Waals surface area contributed by atoms with Crippen molar-refractivity contribution in [3.63, 3.8) is 0 Å². The first-order chi connectivity index (χ1) is 9.43. The molecule has 0 aromatic heterocycles. The van der Waals surface area contributed by atoms with Crippen LogP contribution in [0.15, 0.2) is 30.3 Å². The van der Waals surface area contributed by atoms with Gasteiger partial charge in [0, 0.05) is 17.7 Å². The van der Waals surface area contributed by atoms with Crippen molar-refractivity contribution in [3.8, 4) is 11.1 Å². The van der Waals surface area contributed by atoms with E-state index in [9.17, 15) is 13.2 Å². The molecule has 1 nitrogen and oxygen atoms in total. The number of hydrogen-bond acceptors (Lipinski definition) is 1. The second-order valence-corrected chi connectivity index (χ2v) is 4.82. The van der Waals surface area contributed by atoms with E-state index in [1.807, 2.05) is 6.92 Å². The molecular weight excluding hydrogens is 263 g/mol. The highest BCUT2D eigenvalue weighted by atomic mass is 19.1. The fourth-order valence-electron chi connectivity index (χ4n) is 2.16.